The predicted octanol–water partition coefficient (Wildman–Crippen LogP) is 7.81. The molecule has 7 heteroatoms. The number of aliphatic hydroxyl groups is 1. The van der Waals surface area contributed by atoms with Crippen LogP contribution in [0.25, 0.3) is 5.76 Å². The largest absolute Gasteiger partial charge is 0.507 e. The van der Waals surface area contributed by atoms with Crippen LogP contribution in [-0.2, 0) is 4.79 Å². The van der Waals surface area contributed by atoms with Gasteiger partial charge in [0, 0.05) is 51.0 Å². The van der Waals surface area contributed by atoms with E-state index in [0.29, 0.717) is 34.0 Å². The first kappa shape index (κ1) is 24.9. The van der Waals surface area contributed by atoms with Crippen LogP contribution in [0.15, 0.2) is 89.6 Å². The Bertz CT molecular complexity index is 1470. The van der Waals surface area contributed by atoms with Crippen molar-refractivity contribution in [2.45, 2.75) is 32.6 Å². The zero-order valence-corrected chi connectivity index (χ0v) is 21.1. The highest BCUT2D eigenvalue weighted by atomic mass is 35.5. The minimum atomic E-state index is -1.00. The molecule has 0 spiro atoms. The van der Waals surface area contributed by atoms with Gasteiger partial charge in [-0.25, -0.2) is 8.78 Å². The summed E-state index contributed by atoms with van der Waals surface area (Å²) in [7, 11) is 0. The van der Waals surface area contributed by atoms with Crippen LogP contribution in [0.3, 0.4) is 0 Å². The van der Waals surface area contributed by atoms with Crippen molar-refractivity contribution in [3.63, 3.8) is 0 Å². The van der Waals surface area contributed by atoms with Crippen molar-refractivity contribution in [3.05, 3.63) is 117 Å². The average Bonchev–Trinajstić information content (AvgIpc) is 2.84. The van der Waals surface area contributed by atoms with E-state index in [0.717, 1.165) is 0 Å². The number of benzene rings is 3. The first-order valence-corrected chi connectivity index (χ1v) is 12.3. The Kier molecular flexibility index (Phi) is 6.24. The minimum absolute atomic E-state index is 0.0866. The molecule has 2 N–H and O–H groups in total. The number of anilines is 1. The van der Waals surface area contributed by atoms with Crippen molar-refractivity contribution in [2.24, 2.45) is 5.41 Å². The van der Waals surface area contributed by atoms with Crippen LogP contribution in [-0.4, -0.2) is 16.7 Å². The lowest BCUT2D eigenvalue weighted by Crippen LogP contribution is -2.45. The van der Waals surface area contributed by atoms with Crippen LogP contribution < -0.4 is 4.90 Å². The molecule has 0 radical (unpaired) electrons. The Balaban J connectivity index is 1.86. The molecule has 0 fully saturated rings. The Hall–Kier alpha value is -3.77. The molecular formula is C30H25ClF2N2O2. The maximum atomic E-state index is 15.3. The lowest BCUT2D eigenvalue weighted by Gasteiger charge is -2.45. The Morgan fingerprint density at radius 1 is 1.00 bits per heavy atom. The highest BCUT2D eigenvalue weighted by Crippen LogP contribution is 2.51. The van der Waals surface area contributed by atoms with Gasteiger partial charge < -0.3 is 5.11 Å². The van der Waals surface area contributed by atoms with Crippen LogP contribution in [0, 0.1) is 22.5 Å². The van der Waals surface area contributed by atoms with E-state index in [-0.39, 0.29) is 34.9 Å². The summed E-state index contributed by atoms with van der Waals surface area (Å²) < 4.78 is 29.1. The van der Waals surface area contributed by atoms with Gasteiger partial charge in [0.1, 0.15) is 23.2 Å². The highest BCUT2D eigenvalue weighted by Gasteiger charge is 2.47. The van der Waals surface area contributed by atoms with Crippen molar-refractivity contribution >= 4 is 34.7 Å². The Morgan fingerprint density at radius 2 is 1.65 bits per heavy atom. The summed E-state index contributed by atoms with van der Waals surface area (Å²) in [6.45, 7) is 3.94. The second kappa shape index (κ2) is 9.27. The first-order chi connectivity index (χ1) is 17.6. The number of nitrogens with one attached hydrogen (secondary N) is 1. The molecule has 1 heterocycles. The van der Waals surface area contributed by atoms with Gasteiger partial charge in [-0.15, -0.1) is 0 Å². The molecule has 188 valence electrons. The van der Waals surface area contributed by atoms with Crippen LogP contribution in [0.5, 0.6) is 0 Å². The molecule has 1 aliphatic carbocycles. The maximum absolute atomic E-state index is 15.3. The average molecular weight is 519 g/mol. The van der Waals surface area contributed by atoms with Crippen LogP contribution in [0.4, 0.5) is 14.5 Å². The molecule has 0 aromatic heterocycles. The van der Waals surface area contributed by atoms with E-state index in [9.17, 15) is 19.7 Å². The third kappa shape index (κ3) is 4.46. The number of Topliss-reactive ketones (excluding diaryl/α,β-unsaturated/α-hetero) is 1. The maximum Gasteiger partial charge on any atom is 0.162 e. The van der Waals surface area contributed by atoms with Crippen molar-refractivity contribution in [1.82, 2.24) is 0 Å². The van der Waals surface area contributed by atoms with Crippen LogP contribution in [0.1, 0.15) is 43.7 Å². The number of carbonyl (C=O) groups excluding carboxylic acids is 1. The van der Waals surface area contributed by atoms with Crippen LogP contribution >= 0.6 is 11.6 Å². The molecule has 4 nitrogen and oxygen atoms in total. The zero-order valence-electron chi connectivity index (χ0n) is 20.4. The van der Waals surface area contributed by atoms with E-state index in [1.54, 1.807) is 47.4 Å². The number of halogens is 3. The molecule has 1 unspecified atom stereocenters. The van der Waals surface area contributed by atoms with Crippen molar-refractivity contribution < 1.29 is 18.7 Å². The molecule has 3 aromatic carbocycles. The van der Waals surface area contributed by atoms with Gasteiger partial charge in [0.25, 0.3) is 0 Å². The predicted molar refractivity (Wildman–Crippen MR) is 142 cm³/mol. The molecule has 0 bridgehead atoms. The third-order valence-corrected chi connectivity index (χ3v) is 7.15. The minimum Gasteiger partial charge on any atom is -0.507 e. The summed E-state index contributed by atoms with van der Waals surface area (Å²) in [5.41, 5.74) is 1.60. The number of hydrogen-bond acceptors (Lipinski definition) is 3. The van der Waals surface area contributed by atoms with E-state index < -0.39 is 23.0 Å². The number of nitrogens with zero attached hydrogens (tertiary/aromatic N) is 1. The molecule has 37 heavy (non-hydrogen) atoms. The fraction of sp³-hybridized carbons (Fsp3) is 0.200. The van der Waals surface area contributed by atoms with Gasteiger partial charge in [0.05, 0.1) is 0 Å². The highest BCUT2D eigenvalue weighted by molar-refractivity contribution is 6.30. The van der Waals surface area contributed by atoms with Crippen LogP contribution in [0.2, 0.25) is 5.02 Å². The number of allylic oxidation sites excluding steroid dienone is 2. The van der Waals surface area contributed by atoms with Gasteiger partial charge in [-0.3, -0.25) is 15.1 Å². The van der Waals surface area contributed by atoms with E-state index in [1.165, 1.54) is 30.3 Å². The summed E-state index contributed by atoms with van der Waals surface area (Å²) in [5, 5.41) is 21.3. The molecule has 1 aliphatic heterocycles. The zero-order chi connectivity index (χ0) is 26.5. The summed E-state index contributed by atoms with van der Waals surface area (Å²) in [4.78, 5) is 15.3. The summed E-state index contributed by atoms with van der Waals surface area (Å²) in [6.07, 6.45) is 0.671. The molecule has 0 saturated carbocycles. The van der Waals surface area contributed by atoms with E-state index >= 15 is 4.39 Å². The quantitative estimate of drug-likeness (QED) is 0.347. The van der Waals surface area contributed by atoms with E-state index in [1.807, 2.05) is 13.8 Å². The number of hydrogen-bond donors (Lipinski definition) is 2. The fourth-order valence-electron chi connectivity index (χ4n) is 5.27. The lowest BCUT2D eigenvalue weighted by atomic mass is 9.67. The molecule has 0 amide bonds. The van der Waals surface area contributed by atoms with Gasteiger partial charge in [-0.05, 0) is 66.4 Å². The SMILES string of the molecule is CC1(C)CC(=O)C2=C(C1)N(c1ccc(F)cc1)C(=N)/C(=C(/O)c1ccc(Cl)cc1)C2c1ccccc1F. The summed E-state index contributed by atoms with van der Waals surface area (Å²) in [6, 6.07) is 18.2. The number of carbonyl (C=O) groups is 1. The Morgan fingerprint density at radius 3 is 2.30 bits per heavy atom. The number of amidine groups is 1. The van der Waals surface area contributed by atoms with E-state index in [4.69, 9.17) is 11.6 Å². The Labute approximate surface area is 219 Å². The summed E-state index contributed by atoms with van der Waals surface area (Å²) >= 11 is 6.05. The van der Waals surface area contributed by atoms with Gasteiger partial charge in [-0.2, -0.15) is 0 Å². The van der Waals surface area contributed by atoms with Gasteiger partial charge >= 0.3 is 0 Å². The van der Waals surface area contributed by atoms with Gasteiger partial charge in [-0.1, -0.05) is 43.6 Å². The normalized spacial score (nSPS) is 20.7. The molecule has 5 rings (SSSR count). The van der Waals surface area contributed by atoms with Crippen molar-refractivity contribution in [3.8, 4) is 0 Å². The molecule has 1 atom stereocenters. The first-order valence-electron chi connectivity index (χ1n) is 11.9. The second-order valence-electron chi connectivity index (χ2n) is 10.2. The number of rotatable bonds is 3. The lowest BCUT2D eigenvalue weighted by molar-refractivity contribution is -0.118. The monoisotopic (exact) mass is 518 g/mol. The number of aliphatic hydroxyl groups excluding tert-OH is 1. The van der Waals surface area contributed by atoms with E-state index in [2.05, 4.69) is 0 Å². The second-order valence-corrected chi connectivity index (χ2v) is 10.6. The summed E-state index contributed by atoms with van der Waals surface area (Å²) in [5.74, 6) is -2.53. The standard InChI is InChI=1S/C30H25ClF2N2O2/c1-30(2)15-23-26(24(36)16-30)25(21-5-3-4-6-22(21)33)27(28(37)17-7-9-18(31)10-8-17)29(34)35(23)20-13-11-19(32)12-14-20/h3-14,25,34,37H,15-16H2,1-2H3/b28-27+,34-29?. The van der Waals surface area contributed by atoms with Gasteiger partial charge in [0.2, 0.25) is 0 Å². The smallest absolute Gasteiger partial charge is 0.162 e. The molecule has 3 aromatic rings. The molecule has 0 saturated heterocycles. The van der Waals surface area contributed by atoms with Crippen molar-refractivity contribution in [2.75, 3.05) is 4.90 Å². The molecule has 2 aliphatic rings. The molecular weight excluding hydrogens is 494 g/mol. The third-order valence-electron chi connectivity index (χ3n) is 6.90. The number of ketones is 1. The fourth-order valence-corrected chi connectivity index (χ4v) is 5.40. The van der Waals surface area contributed by atoms with Crippen molar-refractivity contribution in [1.29, 1.82) is 5.41 Å². The topological polar surface area (TPSA) is 64.4 Å². The van der Waals surface area contributed by atoms with Gasteiger partial charge in [0.15, 0.2) is 5.78 Å².